The Labute approximate surface area is 124 Å². The minimum Gasteiger partial charge on any atom is -0.292 e. The molecule has 3 heteroatoms. The van der Waals surface area contributed by atoms with Gasteiger partial charge in [-0.25, -0.2) is 4.39 Å². The Bertz CT molecular complexity index is 595. The Morgan fingerprint density at radius 2 is 1.85 bits per heavy atom. The lowest BCUT2D eigenvalue weighted by molar-refractivity contribution is 0.242. The summed E-state index contributed by atoms with van der Waals surface area (Å²) in [7, 11) is 0. The van der Waals surface area contributed by atoms with Crippen molar-refractivity contribution >= 4 is 11.6 Å². The van der Waals surface area contributed by atoms with Gasteiger partial charge in [0.2, 0.25) is 0 Å². The van der Waals surface area contributed by atoms with Crippen molar-refractivity contribution in [2.45, 2.75) is 32.0 Å². The van der Waals surface area contributed by atoms with Crippen molar-refractivity contribution in [3.63, 3.8) is 0 Å². The number of benzene rings is 2. The van der Waals surface area contributed by atoms with Gasteiger partial charge >= 0.3 is 0 Å². The van der Waals surface area contributed by atoms with E-state index in [0.29, 0.717) is 12.6 Å². The lowest BCUT2D eigenvalue weighted by Crippen LogP contribution is -2.25. The second-order valence-electron chi connectivity index (χ2n) is 5.36. The quantitative estimate of drug-likeness (QED) is 0.775. The first-order valence-electron chi connectivity index (χ1n) is 6.94. The minimum atomic E-state index is -0.121. The van der Waals surface area contributed by atoms with Crippen LogP contribution in [0.2, 0.25) is 5.02 Å². The van der Waals surface area contributed by atoms with Gasteiger partial charge in [-0.15, -0.1) is 0 Å². The zero-order valence-corrected chi connectivity index (χ0v) is 12.0. The molecule has 3 rings (SSSR count). The normalized spacial score (nSPS) is 14.8. The third kappa shape index (κ3) is 3.38. The first kappa shape index (κ1) is 13.6. The van der Waals surface area contributed by atoms with E-state index in [1.165, 1.54) is 24.5 Å². The highest BCUT2D eigenvalue weighted by Gasteiger charge is 2.29. The van der Waals surface area contributed by atoms with Gasteiger partial charge in [-0.2, -0.15) is 0 Å². The monoisotopic (exact) mass is 289 g/mol. The molecule has 1 saturated carbocycles. The maximum atomic E-state index is 13.8. The molecule has 0 N–H and O–H groups in total. The van der Waals surface area contributed by atoms with E-state index in [1.807, 2.05) is 30.3 Å². The first-order valence-corrected chi connectivity index (χ1v) is 7.32. The van der Waals surface area contributed by atoms with E-state index in [4.69, 9.17) is 11.6 Å². The van der Waals surface area contributed by atoms with Crippen LogP contribution in [0.4, 0.5) is 4.39 Å². The van der Waals surface area contributed by atoms with E-state index in [-0.39, 0.29) is 5.82 Å². The highest BCUT2D eigenvalue weighted by Crippen LogP contribution is 2.30. The van der Waals surface area contributed by atoms with Crippen molar-refractivity contribution in [1.82, 2.24) is 4.90 Å². The Morgan fingerprint density at radius 1 is 1.05 bits per heavy atom. The molecule has 2 aromatic rings. The first-order chi connectivity index (χ1) is 9.72. The number of halogens is 2. The van der Waals surface area contributed by atoms with Crippen LogP contribution in [-0.2, 0) is 13.1 Å². The van der Waals surface area contributed by atoms with Crippen LogP contribution in [0.3, 0.4) is 0 Å². The molecule has 1 fully saturated rings. The van der Waals surface area contributed by atoms with Crippen molar-refractivity contribution in [2.75, 3.05) is 0 Å². The largest absolute Gasteiger partial charge is 0.292 e. The lowest BCUT2D eigenvalue weighted by atomic mass is 10.1. The van der Waals surface area contributed by atoms with Crippen LogP contribution in [0.25, 0.3) is 0 Å². The van der Waals surface area contributed by atoms with Gasteiger partial charge in [-0.1, -0.05) is 41.9 Å². The second kappa shape index (κ2) is 5.94. The predicted molar refractivity (Wildman–Crippen MR) is 80.1 cm³/mol. The number of rotatable bonds is 5. The third-order valence-electron chi connectivity index (χ3n) is 3.67. The van der Waals surface area contributed by atoms with Crippen LogP contribution < -0.4 is 0 Å². The third-order valence-corrected chi connectivity index (χ3v) is 3.90. The molecule has 0 amide bonds. The smallest absolute Gasteiger partial charge is 0.127 e. The van der Waals surface area contributed by atoms with E-state index >= 15 is 0 Å². The zero-order valence-electron chi connectivity index (χ0n) is 11.2. The van der Waals surface area contributed by atoms with Gasteiger partial charge in [0.15, 0.2) is 0 Å². The van der Waals surface area contributed by atoms with E-state index in [0.717, 1.165) is 17.1 Å². The van der Waals surface area contributed by atoms with Crippen LogP contribution >= 0.6 is 11.6 Å². The van der Waals surface area contributed by atoms with Crippen LogP contribution in [-0.4, -0.2) is 10.9 Å². The summed E-state index contributed by atoms with van der Waals surface area (Å²) < 4.78 is 13.8. The van der Waals surface area contributed by atoms with Crippen LogP contribution in [0.15, 0.2) is 48.5 Å². The van der Waals surface area contributed by atoms with Gasteiger partial charge in [0.1, 0.15) is 5.82 Å². The van der Waals surface area contributed by atoms with Crippen molar-refractivity contribution < 1.29 is 4.39 Å². The lowest BCUT2D eigenvalue weighted by Gasteiger charge is -2.22. The molecule has 0 bridgehead atoms. The molecular weight excluding hydrogens is 273 g/mol. The molecule has 2 aromatic carbocycles. The molecule has 1 aliphatic carbocycles. The summed E-state index contributed by atoms with van der Waals surface area (Å²) in [4.78, 5) is 2.34. The SMILES string of the molecule is Fc1ccccc1CN(Cc1cccc(Cl)c1)C1CC1. The maximum Gasteiger partial charge on any atom is 0.127 e. The fourth-order valence-corrected chi connectivity index (χ4v) is 2.68. The summed E-state index contributed by atoms with van der Waals surface area (Å²) >= 11 is 6.03. The van der Waals surface area contributed by atoms with Gasteiger partial charge in [0, 0.05) is 29.7 Å². The van der Waals surface area contributed by atoms with E-state index < -0.39 is 0 Å². The van der Waals surface area contributed by atoms with E-state index in [9.17, 15) is 4.39 Å². The molecular formula is C17H17ClFN. The average Bonchev–Trinajstić information content (AvgIpc) is 3.25. The van der Waals surface area contributed by atoms with Gasteiger partial charge in [-0.05, 0) is 36.6 Å². The number of nitrogens with zero attached hydrogens (tertiary/aromatic N) is 1. The molecule has 1 aliphatic rings. The van der Waals surface area contributed by atoms with Crippen LogP contribution in [0, 0.1) is 5.82 Å². The van der Waals surface area contributed by atoms with Crippen LogP contribution in [0.5, 0.6) is 0 Å². The summed E-state index contributed by atoms with van der Waals surface area (Å²) in [6.07, 6.45) is 2.41. The summed E-state index contributed by atoms with van der Waals surface area (Å²) in [6.45, 7) is 1.48. The molecule has 0 aromatic heterocycles. The molecule has 20 heavy (non-hydrogen) atoms. The number of hydrogen-bond acceptors (Lipinski definition) is 1. The fourth-order valence-electron chi connectivity index (χ4n) is 2.47. The van der Waals surface area contributed by atoms with E-state index in [1.54, 1.807) is 6.07 Å². The molecule has 0 heterocycles. The zero-order chi connectivity index (χ0) is 13.9. The molecule has 0 aliphatic heterocycles. The Kier molecular flexibility index (Phi) is 4.04. The van der Waals surface area contributed by atoms with Crippen molar-refractivity contribution in [2.24, 2.45) is 0 Å². The molecule has 0 spiro atoms. The summed E-state index contributed by atoms with van der Waals surface area (Å²) in [6, 6.07) is 15.5. The van der Waals surface area contributed by atoms with Gasteiger partial charge < -0.3 is 0 Å². The molecule has 0 atom stereocenters. The van der Waals surface area contributed by atoms with Gasteiger partial charge in [-0.3, -0.25) is 4.90 Å². The van der Waals surface area contributed by atoms with Crippen molar-refractivity contribution in [3.05, 3.63) is 70.5 Å². The summed E-state index contributed by atoms with van der Waals surface area (Å²) in [5, 5.41) is 0.754. The summed E-state index contributed by atoms with van der Waals surface area (Å²) in [5.74, 6) is -0.121. The standard InChI is InChI=1S/C17H17ClFN/c18-15-6-3-4-13(10-15)11-20(16-8-9-16)12-14-5-1-2-7-17(14)19/h1-7,10,16H,8-9,11-12H2. The topological polar surface area (TPSA) is 3.24 Å². The molecule has 0 unspecified atom stereocenters. The maximum absolute atomic E-state index is 13.8. The Morgan fingerprint density at radius 3 is 2.55 bits per heavy atom. The van der Waals surface area contributed by atoms with Crippen molar-refractivity contribution in [1.29, 1.82) is 0 Å². The highest BCUT2D eigenvalue weighted by atomic mass is 35.5. The summed E-state index contributed by atoms with van der Waals surface area (Å²) in [5.41, 5.74) is 1.95. The highest BCUT2D eigenvalue weighted by molar-refractivity contribution is 6.30. The molecule has 0 radical (unpaired) electrons. The minimum absolute atomic E-state index is 0.121. The molecule has 0 saturated heterocycles. The fraction of sp³-hybridized carbons (Fsp3) is 0.294. The number of hydrogen-bond donors (Lipinski definition) is 0. The Balaban J connectivity index is 1.75. The van der Waals surface area contributed by atoms with Gasteiger partial charge in [0.05, 0.1) is 0 Å². The van der Waals surface area contributed by atoms with Gasteiger partial charge in [0.25, 0.3) is 0 Å². The van der Waals surface area contributed by atoms with E-state index in [2.05, 4.69) is 11.0 Å². The molecule has 104 valence electrons. The predicted octanol–water partition coefficient (Wildman–Crippen LogP) is 4.64. The molecule has 1 nitrogen and oxygen atoms in total. The average molecular weight is 290 g/mol. The Hall–Kier alpha value is -1.38. The van der Waals surface area contributed by atoms with Crippen LogP contribution in [0.1, 0.15) is 24.0 Å². The second-order valence-corrected chi connectivity index (χ2v) is 5.79. The van der Waals surface area contributed by atoms with Crippen molar-refractivity contribution in [3.8, 4) is 0 Å².